The van der Waals surface area contributed by atoms with Crippen molar-refractivity contribution < 1.29 is 26.6 Å². The topological polar surface area (TPSA) is 55.4 Å². The third-order valence-electron chi connectivity index (χ3n) is 5.92. The van der Waals surface area contributed by atoms with E-state index in [1.54, 1.807) is 42.7 Å². The minimum Gasteiger partial charge on any atom is -0.377 e. The molecule has 0 rings (SSSR count). The molecule has 6 nitrogen and oxygen atoms in total. The fraction of sp³-hybridized carbons (Fsp3) is 1.00. The zero-order chi connectivity index (χ0) is 23.5. The Kier molecular flexibility index (Phi) is 13.8. The molecule has 1 unspecified atom stereocenters. The molecule has 0 aliphatic rings. The average Bonchev–Trinajstić information content (AvgIpc) is 2.67. The van der Waals surface area contributed by atoms with Gasteiger partial charge in [-0.1, -0.05) is 47.5 Å². The van der Waals surface area contributed by atoms with E-state index in [4.69, 9.17) is 26.6 Å². The van der Waals surface area contributed by atoms with Crippen LogP contribution in [-0.4, -0.2) is 60.3 Å². The van der Waals surface area contributed by atoms with E-state index in [0.29, 0.717) is 11.3 Å². The Balaban J connectivity index is 5.06. The van der Waals surface area contributed by atoms with Gasteiger partial charge in [0.05, 0.1) is 0 Å². The van der Waals surface area contributed by atoms with E-state index in [1.807, 2.05) is 0 Å². The molecule has 0 saturated carbocycles. The molecule has 0 fully saturated rings. The monoisotopic (exact) mass is 466 g/mol. The summed E-state index contributed by atoms with van der Waals surface area (Å²) in [5.41, 5.74) is 0.600. The lowest BCUT2D eigenvalue weighted by Crippen LogP contribution is -2.43. The molecular weight excluding hydrogens is 416 g/mol. The lowest BCUT2D eigenvalue weighted by atomic mass is 9.71. The van der Waals surface area contributed by atoms with Crippen molar-refractivity contribution in [3.8, 4) is 0 Å². The molecular formula is C22H50O6Si2. The van der Waals surface area contributed by atoms with Crippen molar-refractivity contribution >= 4 is 17.6 Å². The Morgan fingerprint density at radius 3 is 1.43 bits per heavy atom. The Morgan fingerprint density at radius 2 is 1.03 bits per heavy atom. The molecule has 0 amide bonds. The summed E-state index contributed by atoms with van der Waals surface area (Å²) in [7, 11) is 5.10. The second kappa shape index (κ2) is 13.7. The SMILES string of the molecule is CO[Si](CCCCC(CC[Si](OC)(OC)OC)CC(C)(C)CC(C)(C)C)(OC)OC. The Bertz CT molecular complexity index is 429. The highest BCUT2D eigenvalue weighted by Gasteiger charge is 2.39. The number of hydrogen-bond acceptors (Lipinski definition) is 6. The zero-order valence-corrected chi connectivity index (χ0v) is 23.7. The summed E-state index contributed by atoms with van der Waals surface area (Å²) < 4.78 is 33.7. The fourth-order valence-electron chi connectivity index (χ4n) is 4.91. The standard InChI is InChI=1S/C22H50O6Si2/c1-21(2,3)19-22(4,5)18-20(15-17-30(26-9,27-10)28-11)14-12-13-16-29(23-6,24-7)25-8/h20H,12-19H2,1-11H3. The van der Waals surface area contributed by atoms with Gasteiger partial charge in [-0.3, -0.25) is 0 Å². The molecule has 0 N–H and O–H groups in total. The second-order valence-corrected chi connectivity index (χ2v) is 16.5. The van der Waals surface area contributed by atoms with E-state index >= 15 is 0 Å². The van der Waals surface area contributed by atoms with Crippen molar-refractivity contribution in [1.29, 1.82) is 0 Å². The minimum absolute atomic E-state index is 0.282. The van der Waals surface area contributed by atoms with Crippen molar-refractivity contribution in [2.45, 2.75) is 85.2 Å². The van der Waals surface area contributed by atoms with Crippen molar-refractivity contribution in [3.05, 3.63) is 0 Å². The van der Waals surface area contributed by atoms with Crippen LogP contribution in [0.1, 0.15) is 73.1 Å². The van der Waals surface area contributed by atoms with Gasteiger partial charge in [-0.25, -0.2) is 0 Å². The van der Waals surface area contributed by atoms with Crippen LogP contribution in [0.3, 0.4) is 0 Å². The number of unbranched alkanes of at least 4 members (excludes halogenated alkanes) is 1. The van der Waals surface area contributed by atoms with Gasteiger partial charge < -0.3 is 26.6 Å². The normalized spacial score (nSPS) is 14.9. The van der Waals surface area contributed by atoms with E-state index in [-0.39, 0.29) is 5.41 Å². The van der Waals surface area contributed by atoms with Crippen LogP contribution in [0.25, 0.3) is 0 Å². The first-order chi connectivity index (χ1) is 13.9. The molecule has 0 aromatic carbocycles. The van der Waals surface area contributed by atoms with E-state index in [2.05, 4.69) is 34.6 Å². The van der Waals surface area contributed by atoms with Crippen LogP contribution in [0.15, 0.2) is 0 Å². The summed E-state index contributed by atoms with van der Waals surface area (Å²) in [6.45, 7) is 11.8. The quantitative estimate of drug-likeness (QED) is 0.200. The summed E-state index contributed by atoms with van der Waals surface area (Å²) in [6, 6.07) is 1.70. The first-order valence-electron chi connectivity index (χ1n) is 11.2. The van der Waals surface area contributed by atoms with Crippen LogP contribution < -0.4 is 0 Å². The van der Waals surface area contributed by atoms with Gasteiger partial charge in [0.15, 0.2) is 0 Å². The summed E-state index contributed by atoms with van der Waals surface area (Å²) in [5, 5.41) is 0. The first-order valence-corrected chi connectivity index (χ1v) is 15.0. The van der Waals surface area contributed by atoms with E-state index < -0.39 is 17.6 Å². The van der Waals surface area contributed by atoms with Crippen LogP contribution in [0.4, 0.5) is 0 Å². The Morgan fingerprint density at radius 1 is 0.600 bits per heavy atom. The second-order valence-electron chi connectivity index (χ2n) is 10.3. The lowest BCUT2D eigenvalue weighted by Gasteiger charge is -2.36. The van der Waals surface area contributed by atoms with Crippen LogP contribution >= 0.6 is 0 Å². The first kappa shape index (κ1) is 30.2. The van der Waals surface area contributed by atoms with Crippen LogP contribution in [0.2, 0.25) is 12.1 Å². The van der Waals surface area contributed by atoms with Crippen molar-refractivity contribution in [3.63, 3.8) is 0 Å². The molecule has 0 heterocycles. The predicted molar refractivity (Wildman–Crippen MR) is 128 cm³/mol. The van der Waals surface area contributed by atoms with Gasteiger partial charge in [0.25, 0.3) is 0 Å². The highest BCUT2D eigenvalue weighted by Crippen LogP contribution is 2.40. The van der Waals surface area contributed by atoms with Gasteiger partial charge in [-0.2, -0.15) is 0 Å². The van der Waals surface area contributed by atoms with Gasteiger partial charge in [0, 0.05) is 54.7 Å². The largest absolute Gasteiger partial charge is 0.500 e. The Hall–Kier alpha value is 0.194. The highest BCUT2D eigenvalue weighted by atomic mass is 28.4. The van der Waals surface area contributed by atoms with Gasteiger partial charge in [-0.05, 0) is 42.4 Å². The van der Waals surface area contributed by atoms with Gasteiger partial charge in [0.1, 0.15) is 0 Å². The van der Waals surface area contributed by atoms with Gasteiger partial charge in [-0.15, -0.1) is 0 Å². The molecule has 0 saturated heterocycles. The average molecular weight is 467 g/mol. The maximum Gasteiger partial charge on any atom is 0.500 e. The molecule has 8 heteroatoms. The summed E-state index contributed by atoms with van der Waals surface area (Å²) in [6.07, 6.45) is 6.77. The maximum absolute atomic E-state index is 5.66. The van der Waals surface area contributed by atoms with Crippen LogP contribution in [0, 0.1) is 16.7 Å². The molecule has 0 aliphatic carbocycles. The molecule has 30 heavy (non-hydrogen) atoms. The molecule has 1 atom stereocenters. The Labute approximate surface area is 189 Å². The lowest BCUT2D eigenvalue weighted by molar-refractivity contribution is 0.116. The van der Waals surface area contributed by atoms with Crippen molar-refractivity contribution in [1.82, 2.24) is 0 Å². The van der Waals surface area contributed by atoms with E-state index in [1.165, 1.54) is 12.8 Å². The molecule has 0 aromatic heterocycles. The summed E-state index contributed by atoms with van der Waals surface area (Å²) in [5.74, 6) is 0.596. The molecule has 0 bridgehead atoms. The zero-order valence-electron chi connectivity index (χ0n) is 21.7. The van der Waals surface area contributed by atoms with Gasteiger partial charge >= 0.3 is 17.6 Å². The highest BCUT2D eigenvalue weighted by molar-refractivity contribution is 6.60. The molecule has 0 aromatic rings. The maximum atomic E-state index is 5.66. The molecule has 0 spiro atoms. The number of hydrogen-bond donors (Lipinski definition) is 0. The summed E-state index contributed by atoms with van der Waals surface area (Å²) >= 11 is 0. The third kappa shape index (κ3) is 11.2. The number of rotatable bonds is 17. The third-order valence-corrected chi connectivity index (χ3v) is 11.5. The molecule has 0 aliphatic heterocycles. The van der Waals surface area contributed by atoms with E-state index in [0.717, 1.165) is 37.8 Å². The fourth-order valence-corrected chi connectivity index (χ4v) is 8.58. The van der Waals surface area contributed by atoms with Crippen molar-refractivity contribution in [2.24, 2.45) is 16.7 Å². The van der Waals surface area contributed by atoms with Gasteiger partial charge in [0.2, 0.25) is 0 Å². The van der Waals surface area contributed by atoms with Crippen LogP contribution in [0.5, 0.6) is 0 Å². The molecule has 182 valence electrons. The summed E-state index contributed by atoms with van der Waals surface area (Å²) in [4.78, 5) is 0. The molecule has 0 radical (unpaired) electrons. The van der Waals surface area contributed by atoms with Crippen molar-refractivity contribution in [2.75, 3.05) is 42.7 Å². The minimum atomic E-state index is -2.55. The van der Waals surface area contributed by atoms with Crippen LogP contribution in [-0.2, 0) is 26.6 Å². The van der Waals surface area contributed by atoms with E-state index in [9.17, 15) is 0 Å². The predicted octanol–water partition coefficient (Wildman–Crippen LogP) is 5.77. The smallest absolute Gasteiger partial charge is 0.377 e.